The quantitative estimate of drug-likeness (QED) is 0.507. The molecule has 0 aliphatic heterocycles. The molecule has 2 N–H and O–H groups in total. The van der Waals surface area contributed by atoms with E-state index in [0.29, 0.717) is 5.82 Å². The Labute approximate surface area is 128 Å². The molecule has 0 radical (unpaired) electrons. The van der Waals surface area contributed by atoms with E-state index >= 15 is 0 Å². The molecule has 0 fully saturated rings. The van der Waals surface area contributed by atoms with Gasteiger partial charge in [0, 0.05) is 16.7 Å². The lowest BCUT2D eigenvalue weighted by molar-refractivity contribution is -0.385. The van der Waals surface area contributed by atoms with Crippen LogP contribution in [0.1, 0.15) is 5.56 Å². The summed E-state index contributed by atoms with van der Waals surface area (Å²) in [6.45, 7) is 0. The number of halogens is 2. The molecule has 0 aliphatic carbocycles. The third-order valence-electron chi connectivity index (χ3n) is 2.30. The Morgan fingerprint density at radius 1 is 1.33 bits per heavy atom. The second-order valence-corrected chi connectivity index (χ2v) is 4.55. The number of hydrogen-bond acceptors (Lipinski definition) is 7. The molecular formula is C11H7Cl2N5O3. The number of benzene rings is 1. The molecule has 1 aromatic carbocycles. The number of phenols is 1. The zero-order valence-corrected chi connectivity index (χ0v) is 11.7. The second kappa shape index (κ2) is 6.33. The van der Waals surface area contributed by atoms with Crippen LogP contribution in [0.2, 0.25) is 10.2 Å². The number of nitrogens with one attached hydrogen (secondary N) is 1. The van der Waals surface area contributed by atoms with Gasteiger partial charge in [0.1, 0.15) is 0 Å². The zero-order chi connectivity index (χ0) is 15.4. The molecule has 2 aromatic rings. The second-order valence-electron chi connectivity index (χ2n) is 3.73. The Kier molecular flexibility index (Phi) is 4.51. The molecular weight excluding hydrogens is 321 g/mol. The topological polar surface area (TPSA) is 114 Å². The van der Waals surface area contributed by atoms with Gasteiger partial charge in [-0.05, 0) is 18.2 Å². The molecule has 0 aliphatic rings. The van der Waals surface area contributed by atoms with Crippen molar-refractivity contribution in [2.75, 3.05) is 5.43 Å². The van der Waals surface area contributed by atoms with Crippen LogP contribution in [0.3, 0.4) is 0 Å². The number of hydrazone groups is 1. The van der Waals surface area contributed by atoms with Crippen LogP contribution < -0.4 is 5.43 Å². The maximum atomic E-state index is 10.7. The van der Waals surface area contributed by atoms with Gasteiger partial charge in [-0.3, -0.25) is 15.5 Å². The fourth-order valence-corrected chi connectivity index (χ4v) is 1.71. The van der Waals surface area contributed by atoms with Gasteiger partial charge in [-0.2, -0.15) is 5.10 Å². The van der Waals surface area contributed by atoms with Crippen LogP contribution in [0.25, 0.3) is 0 Å². The molecule has 108 valence electrons. The largest absolute Gasteiger partial charge is 0.502 e. The van der Waals surface area contributed by atoms with E-state index in [1.165, 1.54) is 24.4 Å². The van der Waals surface area contributed by atoms with Crippen molar-refractivity contribution in [3.8, 4) is 5.75 Å². The molecule has 10 heteroatoms. The normalized spacial score (nSPS) is 10.8. The van der Waals surface area contributed by atoms with E-state index in [9.17, 15) is 15.2 Å². The molecule has 8 nitrogen and oxygen atoms in total. The number of aromatic nitrogens is 2. The van der Waals surface area contributed by atoms with Crippen molar-refractivity contribution in [2.45, 2.75) is 0 Å². The van der Waals surface area contributed by atoms with Crippen LogP contribution in [0.4, 0.5) is 11.5 Å². The minimum absolute atomic E-state index is 0.0867. The summed E-state index contributed by atoms with van der Waals surface area (Å²) in [6, 6.07) is 5.43. The number of anilines is 1. The van der Waals surface area contributed by atoms with E-state index < -0.39 is 16.4 Å². The Hall–Kier alpha value is -2.45. The predicted molar refractivity (Wildman–Crippen MR) is 78.0 cm³/mol. The third-order valence-corrected chi connectivity index (χ3v) is 2.72. The molecule has 0 saturated heterocycles. The van der Waals surface area contributed by atoms with Gasteiger partial charge in [-0.25, -0.2) is 0 Å². The average molecular weight is 328 g/mol. The summed E-state index contributed by atoms with van der Waals surface area (Å²) < 4.78 is 0. The fraction of sp³-hybridized carbons (Fsp3) is 0. The lowest BCUT2D eigenvalue weighted by atomic mass is 10.2. The highest BCUT2D eigenvalue weighted by molar-refractivity contribution is 6.31. The molecule has 21 heavy (non-hydrogen) atoms. The lowest BCUT2D eigenvalue weighted by Gasteiger charge is -2.02. The van der Waals surface area contributed by atoms with Crippen molar-refractivity contribution in [3.63, 3.8) is 0 Å². The number of phenolic OH excluding ortho intramolecular Hbond substituents is 1. The number of nitro groups is 1. The monoisotopic (exact) mass is 327 g/mol. The fourth-order valence-electron chi connectivity index (χ4n) is 1.39. The maximum Gasteiger partial charge on any atom is 0.312 e. The molecule has 0 unspecified atom stereocenters. The zero-order valence-electron chi connectivity index (χ0n) is 10.2. The van der Waals surface area contributed by atoms with Gasteiger partial charge in [-0.15, -0.1) is 10.2 Å². The Morgan fingerprint density at radius 3 is 2.71 bits per heavy atom. The van der Waals surface area contributed by atoms with Crippen molar-refractivity contribution in [1.82, 2.24) is 10.2 Å². The van der Waals surface area contributed by atoms with Gasteiger partial charge < -0.3 is 5.11 Å². The first kappa shape index (κ1) is 14.9. The van der Waals surface area contributed by atoms with Crippen molar-refractivity contribution in [1.29, 1.82) is 0 Å². The summed E-state index contributed by atoms with van der Waals surface area (Å²) in [5, 5.41) is 31.9. The number of aromatic hydroxyl groups is 1. The number of hydrogen-bond donors (Lipinski definition) is 2. The predicted octanol–water partition coefficient (Wildman–Crippen LogP) is 2.84. The standard InChI is InChI=1S/C11H7Cl2N5O3/c12-7-3-6(11(19)8(4-7)18(20)21)5-14-16-10-2-1-9(13)15-17-10/h1-5,19H,(H,16,17)/b14-5+. The Balaban J connectivity index is 2.21. The van der Waals surface area contributed by atoms with E-state index in [2.05, 4.69) is 20.7 Å². The van der Waals surface area contributed by atoms with Gasteiger partial charge >= 0.3 is 5.69 Å². The van der Waals surface area contributed by atoms with Crippen molar-refractivity contribution in [3.05, 3.63) is 50.1 Å². The van der Waals surface area contributed by atoms with Crippen molar-refractivity contribution >= 4 is 40.9 Å². The highest BCUT2D eigenvalue weighted by atomic mass is 35.5. The van der Waals surface area contributed by atoms with Gasteiger partial charge in [0.25, 0.3) is 0 Å². The molecule has 2 rings (SSSR count). The lowest BCUT2D eigenvalue weighted by Crippen LogP contribution is -1.96. The summed E-state index contributed by atoms with van der Waals surface area (Å²) in [4.78, 5) is 10.0. The van der Waals surface area contributed by atoms with E-state index in [4.69, 9.17) is 23.2 Å². The van der Waals surface area contributed by atoms with Gasteiger partial charge in [0.05, 0.1) is 11.1 Å². The average Bonchev–Trinajstić information content (AvgIpc) is 2.44. The SMILES string of the molecule is O=[N+]([O-])c1cc(Cl)cc(/C=N/Nc2ccc(Cl)nn2)c1O. The minimum atomic E-state index is -0.739. The van der Waals surface area contributed by atoms with Crippen molar-refractivity contribution < 1.29 is 10.0 Å². The van der Waals surface area contributed by atoms with E-state index in [1.54, 1.807) is 0 Å². The summed E-state index contributed by atoms with van der Waals surface area (Å²) in [6.07, 6.45) is 1.17. The van der Waals surface area contributed by atoms with Crippen LogP contribution in [0.5, 0.6) is 5.75 Å². The van der Waals surface area contributed by atoms with E-state index in [0.717, 1.165) is 6.07 Å². The van der Waals surface area contributed by atoms with Crippen LogP contribution in [0.15, 0.2) is 29.4 Å². The molecule has 0 bridgehead atoms. The summed E-state index contributed by atoms with van der Waals surface area (Å²) in [5.74, 6) is -0.219. The van der Waals surface area contributed by atoms with Gasteiger partial charge in [-0.1, -0.05) is 23.2 Å². The van der Waals surface area contributed by atoms with Crippen LogP contribution in [-0.2, 0) is 0 Å². The highest BCUT2D eigenvalue weighted by Gasteiger charge is 2.17. The maximum absolute atomic E-state index is 10.7. The molecule has 1 heterocycles. The molecule has 1 aromatic heterocycles. The Bertz CT molecular complexity index is 706. The van der Waals surface area contributed by atoms with Gasteiger partial charge in [0.2, 0.25) is 5.75 Å². The third kappa shape index (κ3) is 3.77. The molecule has 0 spiro atoms. The first-order valence-corrected chi connectivity index (χ1v) is 6.18. The molecule has 0 saturated carbocycles. The highest BCUT2D eigenvalue weighted by Crippen LogP contribution is 2.32. The van der Waals surface area contributed by atoms with Crippen LogP contribution >= 0.6 is 23.2 Å². The minimum Gasteiger partial charge on any atom is -0.502 e. The first-order chi connectivity index (χ1) is 9.97. The van der Waals surface area contributed by atoms with Gasteiger partial charge in [0.15, 0.2) is 11.0 Å². The van der Waals surface area contributed by atoms with E-state index in [-0.39, 0.29) is 15.7 Å². The number of rotatable bonds is 4. The number of nitrogens with zero attached hydrogens (tertiary/aromatic N) is 4. The smallest absolute Gasteiger partial charge is 0.312 e. The van der Waals surface area contributed by atoms with E-state index in [1.807, 2.05) is 0 Å². The molecule has 0 amide bonds. The van der Waals surface area contributed by atoms with Crippen molar-refractivity contribution in [2.24, 2.45) is 5.10 Å². The summed E-state index contributed by atoms with van der Waals surface area (Å²) in [7, 11) is 0. The van der Waals surface area contributed by atoms with Crippen LogP contribution in [-0.4, -0.2) is 26.4 Å². The molecule has 0 atom stereocenters. The number of nitro benzene ring substituents is 1. The van der Waals surface area contributed by atoms with Crippen LogP contribution in [0, 0.1) is 10.1 Å². The summed E-state index contributed by atoms with van der Waals surface area (Å²) >= 11 is 11.3. The Morgan fingerprint density at radius 2 is 2.10 bits per heavy atom. The summed E-state index contributed by atoms with van der Waals surface area (Å²) in [5.41, 5.74) is 2.11. The first-order valence-electron chi connectivity index (χ1n) is 5.42.